The molecule has 2 fully saturated rings. The largest absolute Gasteiger partial charge is 0.376 e. The summed E-state index contributed by atoms with van der Waals surface area (Å²) in [5, 5.41) is 3.20. The van der Waals surface area contributed by atoms with Crippen LogP contribution in [0.15, 0.2) is 4.99 Å². The van der Waals surface area contributed by atoms with Crippen LogP contribution in [0.4, 0.5) is 0 Å². The molecule has 2 rings (SSSR count). The van der Waals surface area contributed by atoms with Gasteiger partial charge in [-0.1, -0.05) is 12.8 Å². The molecule has 130 valence electrons. The van der Waals surface area contributed by atoms with Crippen LogP contribution in [0, 0.1) is 0 Å². The first-order valence-electron chi connectivity index (χ1n) is 8.72. The van der Waals surface area contributed by atoms with Crippen LogP contribution in [0.2, 0.25) is 0 Å². The molecule has 0 aromatic carbocycles. The molecule has 0 spiro atoms. The molecule has 2 aliphatic rings. The molecule has 2 saturated heterocycles. The van der Waals surface area contributed by atoms with Gasteiger partial charge in [-0.2, -0.15) is 0 Å². The lowest BCUT2D eigenvalue weighted by molar-refractivity contribution is 0.118. The Kier molecular flexibility index (Phi) is 11.2. The Hall–Kier alpha value is -0.0800. The molecule has 0 amide bonds. The fraction of sp³-hybridized carbons (Fsp3) is 0.938. The van der Waals surface area contributed by atoms with Crippen LogP contribution >= 0.6 is 24.0 Å². The van der Waals surface area contributed by atoms with Crippen LogP contribution in [0.1, 0.15) is 51.4 Å². The number of rotatable bonds is 8. The number of nitrogens with two attached hydrogens (primary N) is 1. The number of aliphatic imine (C=N–C) groups is 1. The number of unbranched alkanes of at least 4 members (excludes halogenated alkanes) is 2. The van der Waals surface area contributed by atoms with Crippen LogP contribution in [-0.2, 0) is 4.74 Å². The van der Waals surface area contributed by atoms with Gasteiger partial charge in [0.1, 0.15) is 0 Å². The van der Waals surface area contributed by atoms with E-state index < -0.39 is 0 Å². The maximum atomic E-state index is 5.86. The molecule has 0 aromatic rings. The molecule has 1 unspecified atom stereocenters. The number of guanidine groups is 1. The van der Waals surface area contributed by atoms with Crippen LogP contribution in [0.5, 0.6) is 0 Å². The minimum Gasteiger partial charge on any atom is -0.376 e. The molecule has 0 radical (unpaired) electrons. The Morgan fingerprint density at radius 1 is 1.14 bits per heavy atom. The van der Waals surface area contributed by atoms with Gasteiger partial charge in [-0.05, 0) is 58.2 Å². The van der Waals surface area contributed by atoms with Crippen LogP contribution < -0.4 is 11.1 Å². The Bertz CT molecular complexity index is 303. The monoisotopic (exact) mass is 424 g/mol. The van der Waals surface area contributed by atoms with E-state index in [9.17, 15) is 0 Å². The van der Waals surface area contributed by atoms with Gasteiger partial charge >= 0.3 is 0 Å². The van der Waals surface area contributed by atoms with Gasteiger partial charge < -0.3 is 20.7 Å². The zero-order chi connectivity index (χ0) is 14.8. The second kappa shape index (κ2) is 12.4. The van der Waals surface area contributed by atoms with Crippen molar-refractivity contribution in [2.24, 2.45) is 10.7 Å². The maximum Gasteiger partial charge on any atom is 0.188 e. The number of halogens is 1. The highest BCUT2D eigenvalue weighted by Gasteiger charge is 2.14. The van der Waals surface area contributed by atoms with E-state index in [1.807, 2.05) is 0 Å². The Balaban J connectivity index is 0.00000242. The first-order valence-corrected chi connectivity index (χ1v) is 8.72. The van der Waals surface area contributed by atoms with Gasteiger partial charge in [0.15, 0.2) is 5.96 Å². The molecule has 0 saturated carbocycles. The lowest BCUT2D eigenvalue weighted by Gasteiger charge is -2.26. The van der Waals surface area contributed by atoms with E-state index in [-0.39, 0.29) is 30.1 Å². The maximum absolute atomic E-state index is 5.86. The van der Waals surface area contributed by atoms with Gasteiger partial charge in [0.25, 0.3) is 0 Å². The van der Waals surface area contributed by atoms with Crippen molar-refractivity contribution in [3.63, 3.8) is 0 Å². The second-order valence-corrected chi connectivity index (χ2v) is 6.25. The molecular weight excluding hydrogens is 391 g/mol. The summed E-state index contributed by atoms with van der Waals surface area (Å²) in [4.78, 5) is 6.95. The van der Waals surface area contributed by atoms with Crippen molar-refractivity contribution in [1.29, 1.82) is 0 Å². The number of nitrogens with one attached hydrogen (secondary N) is 1. The second-order valence-electron chi connectivity index (χ2n) is 6.25. The van der Waals surface area contributed by atoms with E-state index in [1.54, 1.807) is 0 Å². The predicted molar refractivity (Wildman–Crippen MR) is 103 cm³/mol. The van der Waals surface area contributed by atoms with Crippen molar-refractivity contribution in [3.8, 4) is 0 Å². The van der Waals surface area contributed by atoms with Crippen LogP contribution in [0.3, 0.4) is 0 Å². The fourth-order valence-electron chi connectivity index (χ4n) is 3.08. The quantitative estimate of drug-likeness (QED) is 0.272. The van der Waals surface area contributed by atoms with E-state index in [2.05, 4.69) is 15.2 Å². The van der Waals surface area contributed by atoms with Crippen molar-refractivity contribution in [2.45, 2.75) is 57.5 Å². The molecule has 2 heterocycles. The molecule has 0 bridgehead atoms. The average molecular weight is 424 g/mol. The molecule has 6 heteroatoms. The lowest BCUT2D eigenvalue weighted by Crippen LogP contribution is -2.33. The van der Waals surface area contributed by atoms with Crippen molar-refractivity contribution >= 4 is 29.9 Å². The van der Waals surface area contributed by atoms with Crippen molar-refractivity contribution in [2.75, 3.05) is 39.3 Å². The van der Waals surface area contributed by atoms with E-state index >= 15 is 0 Å². The third-order valence-corrected chi connectivity index (χ3v) is 4.40. The lowest BCUT2D eigenvalue weighted by atomic mass is 10.1. The minimum atomic E-state index is 0. The van der Waals surface area contributed by atoms with Crippen LogP contribution in [-0.4, -0.2) is 56.3 Å². The van der Waals surface area contributed by atoms with Crippen molar-refractivity contribution in [1.82, 2.24) is 10.2 Å². The normalized spacial score (nSPS) is 23.3. The topological polar surface area (TPSA) is 62.9 Å². The highest BCUT2D eigenvalue weighted by atomic mass is 127. The molecule has 22 heavy (non-hydrogen) atoms. The molecule has 0 aromatic heterocycles. The van der Waals surface area contributed by atoms with Gasteiger partial charge in [0, 0.05) is 13.2 Å². The van der Waals surface area contributed by atoms with E-state index in [4.69, 9.17) is 10.5 Å². The van der Waals surface area contributed by atoms with Crippen molar-refractivity contribution in [3.05, 3.63) is 0 Å². The molecule has 2 aliphatic heterocycles. The summed E-state index contributed by atoms with van der Waals surface area (Å²) in [6, 6.07) is 0. The number of likely N-dealkylation sites (tertiary alicyclic amines) is 1. The number of piperidine rings is 1. The standard InChI is InChI=1S/C16H32N4O.HI/c17-16(19-14-15-8-7-13-21-15)18-9-3-1-4-10-20-11-5-2-6-12-20;/h15H,1-14H2,(H3,17,18,19);1H. The first kappa shape index (κ1) is 20.0. The fourth-order valence-corrected chi connectivity index (χ4v) is 3.08. The summed E-state index contributed by atoms with van der Waals surface area (Å²) in [6.45, 7) is 6.39. The molecule has 1 atom stereocenters. The predicted octanol–water partition coefficient (Wildman–Crippen LogP) is 2.34. The zero-order valence-electron chi connectivity index (χ0n) is 13.8. The number of nitrogens with zero attached hydrogens (tertiary/aromatic N) is 2. The third kappa shape index (κ3) is 8.53. The van der Waals surface area contributed by atoms with Gasteiger partial charge in [-0.15, -0.1) is 24.0 Å². The van der Waals surface area contributed by atoms with Gasteiger partial charge in [-0.25, -0.2) is 0 Å². The van der Waals surface area contributed by atoms with Gasteiger partial charge in [0.2, 0.25) is 0 Å². The number of hydrogen-bond acceptors (Lipinski definition) is 3. The summed E-state index contributed by atoms with van der Waals surface area (Å²) >= 11 is 0. The summed E-state index contributed by atoms with van der Waals surface area (Å²) < 4.78 is 5.52. The molecule has 5 nitrogen and oxygen atoms in total. The van der Waals surface area contributed by atoms with E-state index in [1.165, 1.54) is 58.2 Å². The highest BCUT2D eigenvalue weighted by molar-refractivity contribution is 14.0. The number of ether oxygens (including phenoxy) is 1. The third-order valence-electron chi connectivity index (χ3n) is 4.40. The van der Waals surface area contributed by atoms with Gasteiger partial charge in [-0.3, -0.25) is 4.99 Å². The minimum absolute atomic E-state index is 0. The SMILES string of the molecule is I.NC(=NCC1CCCO1)NCCCCCN1CCCCC1. The van der Waals surface area contributed by atoms with E-state index in [0.717, 1.165) is 26.0 Å². The van der Waals surface area contributed by atoms with Crippen LogP contribution in [0.25, 0.3) is 0 Å². The summed E-state index contributed by atoms with van der Waals surface area (Å²) in [5.74, 6) is 0.571. The Morgan fingerprint density at radius 3 is 2.68 bits per heavy atom. The summed E-state index contributed by atoms with van der Waals surface area (Å²) in [5.41, 5.74) is 5.86. The average Bonchev–Trinajstić information content (AvgIpc) is 3.03. The molecule has 3 N–H and O–H groups in total. The smallest absolute Gasteiger partial charge is 0.188 e. The Morgan fingerprint density at radius 2 is 1.95 bits per heavy atom. The molecular formula is C16H33IN4O. The van der Waals surface area contributed by atoms with Crippen molar-refractivity contribution < 1.29 is 4.74 Å². The summed E-state index contributed by atoms with van der Waals surface area (Å²) in [7, 11) is 0. The first-order chi connectivity index (χ1) is 10.3. The van der Waals surface area contributed by atoms with E-state index in [0.29, 0.717) is 12.5 Å². The highest BCUT2D eigenvalue weighted by Crippen LogP contribution is 2.11. The Labute approximate surface area is 152 Å². The van der Waals surface area contributed by atoms with Gasteiger partial charge in [0.05, 0.1) is 12.6 Å². The molecule has 0 aliphatic carbocycles. The summed E-state index contributed by atoms with van der Waals surface area (Å²) in [6.07, 6.45) is 10.5. The number of hydrogen-bond donors (Lipinski definition) is 2. The zero-order valence-corrected chi connectivity index (χ0v) is 16.1.